The molecule has 126 valence electrons. The molecule has 0 spiro atoms. The van der Waals surface area contributed by atoms with Crippen LogP contribution in [0.2, 0.25) is 10.0 Å². The van der Waals surface area contributed by atoms with Gasteiger partial charge < -0.3 is 10.8 Å². The Labute approximate surface area is 148 Å². The van der Waals surface area contributed by atoms with Crippen molar-refractivity contribution in [2.75, 3.05) is 0 Å². The molecule has 0 amide bonds. The molecule has 2 aromatic carbocycles. The summed E-state index contributed by atoms with van der Waals surface area (Å²) in [6.45, 7) is 0. The van der Waals surface area contributed by atoms with Crippen molar-refractivity contribution in [3.8, 4) is 0 Å². The zero-order valence-corrected chi connectivity index (χ0v) is 14.5. The van der Waals surface area contributed by atoms with E-state index >= 15 is 0 Å². The van der Waals surface area contributed by atoms with Gasteiger partial charge in [-0.15, -0.1) is 0 Å². The van der Waals surface area contributed by atoms with E-state index in [-0.39, 0.29) is 4.90 Å². The third-order valence-electron chi connectivity index (χ3n) is 4.23. The van der Waals surface area contributed by atoms with E-state index in [2.05, 4.69) is 0 Å². The quantitative estimate of drug-likeness (QED) is 0.842. The lowest BCUT2D eigenvalue weighted by atomic mass is 10.1. The van der Waals surface area contributed by atoms with Crippen LogP contribution in [-0.4, -0.2) is 30.3 Å². The SMILES string of the molecule is N[C@@]1(C(=O)O)[C@@H](c2cccc(Cl)c2)[C@@H]1S(=O)(=O)c1ccc(Cl)cc1. The molecule has 3 N–H and O–H groups in total. The van der Waals surface area contributed by atoms with Crippen LogP contribution in [0.25, 0.3) is 0 Å². The lowest BCUT2D eigenvalue weighted by Crippen LogP contribution is -2.39. The molecule has 1 aliphatic rings. The van der Waals surface area contributed by atoms with E-state index in [9.17, 15) is 18.3 Å². The number of rotatable bonds is 4. The lowest BCUT2D eigenvalue weighted by molar-refractivity contribution is -0.139. The molecule has 1 aliphatic carbocycles. The van der Waals surface area contributed by atoms with Crippen LogP contribution < -0.4 is 5.73 Å². The highest BCUT2D eigenvalue weighted by Gasteiger charge is 2.74. The smallest absolute Gasteiger partial charge is 0.325 e. The second-order valence-corrected chi connectivity index (χ2v) is 8.63. The van der Waals surface area contributed by atoms with Crippen LogP contribution in [0.5, 0.6) is 0 Å². The van der Waals surface area contributed by atoms with E-state index in [1.807, 2.05) is 0 Å². The van der Waals surface area contributed by atoms with Crippen LogP contribution in [0.1, 0.15) is 11.5 Å². The Kier molecular flexibility index (Phi) is 4.12. The molecular formula is C16H13Cl2NO4S. The van der Waals surface area contributed by atoms with Gasteiger partial charge in [-0.2, -0.15) is 0 Å². The summed E-state index contributed by atoms with van der Waals surface area (Å²) in [6, 6.07) is 12.0. The number of carbonyl (C=O) groups is 1. The predicted octanol–water partition coefficient (Wildman–Crippen LogP) is 2.72. The summed E-state index contributed by atoms with van der Waals surface area (Å²) in [4.78, 5) is 11.6. The summed E-state index contributed by atoms with van der Waals surface area (Å²) in [7, 11) is -3.95. The Bertz CT molecular complexity index is 914. The van der Waals surface area contributed by atoms with Gasteiger partial charge in [-0.05, 0) is 42.0 Å². The molecule has 1 saturated carbocycles. The summed E-state index contributed by atoms with van der Waals surface area (Å²) < 4.78 is 25.8. The molecule has 8 heteroatoms. The molecule has 0 aromatic heterocycles. The van der Waals surface area contributed by atoms with E-state index in [4.69, 9.17) is 28.9 Å². The number of nitrogens with two attached hydrogens (primary N) is 1. The van der Waals surface area contributed by atoms with Crippen molar-refractivity contribution in [2.45, 2.75) is 21.6 Å². The molecular weight excluding hydrogens is 373 g/mol. The minimum Gasteiger partial charge on any atom is -0.480 e. The second kappa shape index (κ2) is 5.74. The molecule has 0 unspecified atom stereocenters. The van der Waals surface area contributed by atoms with Crippen LogP contribution in [0.15, 0.2) is 53.4 Å². The van der Waals surface area contributed by atoms with Crippen molar-refractivity contribution in [3.63, 3.8) is 0 Å². The molecule has 5 nitrogen and oxygen atoms in total. The molecule has 0 heterocycles. The number of hydrogen-bond acceptors (Lipinski definition) is 4. The molecule has 0 bridgehead atoms. The number of carboxylic acid groups (broad SMARTS) is 1. The number of carboxylic acids is 1. The number of benzene rings is 2. The maximum absolute atomic E-state index is 12.9. The number of hydrogen-bond donors (Lipinski definition) is 2. The molecule has 1 fully saturated rings. The maximum Gasteiger partial charge on any atom is 0.325 e. The highest BCUT2D eigenvalue weighted by atomic mass is 35.5. The third kappa shape index (κ3) is 2.59. The first kappa shape index (κ1) is 17.2. The number of aliphatic carboxylic acids is 1. The molecule has 0 saturated heterocycles. The van der Waals surface area contributed by atoms with E-state index in [0.29, 0.717) is 15.6 Å². The Morgan fingerprint density at radius 1 is 1.08 bits per heavy atom. The van der Waals surface area contributed by atoms with Crippen LogP contribution in [0, 0.1) is 0 Å². The van der Waals surface area contributed by atoms with Crippen LogP contribution in [0.4, 0.5) is 0 Å². The van der Waals surface area contributed by atoms with Crippen molar-refractivity contribution >= 4 is 39.0 Å². The fraction of sp³-hybridized carbons (Fsp3) is 0.188. The van der Waals surface area contributed by atoms with Gasteiger partial charge in [0.15, 0.2) is 9.84 Å². The van der Waals surface area contributed by atoms with Crippen molar-refractivity contribution in [1.82, 2.24) is 0 Å². The minimum atomic E-state index is -3.95. The first-order valence-corrected chi connectivity index (χ1v) is 9.26. The van der Waals surface area contributed by atoms with Gasteiger partial charge in [0.05, 0.1) is 4.90 Å². The Balaban J connectivity index is 2.08. The summed E-state index contributed by atoms with van der Waals surface area (Å²) in [5.74, 6) is -2.25. The maximum atomic E-state index is 12.9. The normalized spacial score (nSPS) is 26.1. The fourth-order valence-corrected chi connectivity index (χ4v) is 5.54. The van der Waals surface area contributed by atoms with Gasteiger partial charge in [-0.3, -0.25) is 4.79 Å². The second-order valence-electron chi connectivity index (χ2n) is 5.69. The van der Waals surface area contributed by atoms with Crippen LogP contribution in [0.3, 0.4) is 0 Å². The molecule has 3 atom stereocenters. The predicted molar refractivity (Wildman–Crippen MR) is 91.2 cm³/mol. The summed E-state index contributed by atoms with van der Waals surface area (Å²) in [6.07, 6.45) is 0. The zero-order chi connectivity index (χ0) is 17.7. The summed E-state index contributed by atoms with van der Waals surface area (Å²) in [5.41, 5.74) is 4.55. The minimum absolute atomic E-state index is 0.0162. The number of sulfone groups is 1. The average Bonchev–Trinajstić information content (AvgIpc) is 3.17. The largest absolute Gasteiger partial charge is 0.480 e. The van der Waals surface area contributed by atoms with E-state index in [0.717, 1.165) is 0 Å². The van der Waals surface area contributed by atoms with Crippen molar-refractivity contribution in [1.29, 1.82) is 0 Å². The van der Waals surface area contributed by atoms with Gasteiger partial charge in [0.2, 0.25) is 0 Å². The molecule has 2 aromatic rings. The van der Waals surface area contributed by atoms with Gasteiger partial charge in [-0.1, -0.05) is 35.3 Å². The summed E-state index contributed by atoms with van der Waals surface area (Å²) >= 11 is 11.7. The standard InChI is InChI=1S/C16H13Cl2NO4S/c17-10-4-6-12(7-5-10)24(22,23)14-13(16(14,19)15(20)21)9-2-1-3-11(18)8-9/h1-8,13-14H,19H2,(H,20,21)/t13-,14-,16-/m0/s1. The molecule has 24 heavy (non-hydrogen) atoms. The lowest BCUT2D eigenvalue weighted by Gasteiger charge is -2.07. The molecule has 3 rings (SSSR count). The van der Waals surface area contributed by atoms with Crippen molar-refractivity contribution in [2.24, 2.45) is 5.73 Å². The van der Waals surface area contributed by atoms with Crippen LogP contribution >= 0.6 is 23.2 Å². The Morgan fingerprint density at radius 3 is 2.25 bits per heavy atom. The third-order valence-corrected chi connectivity index (χ3v) is 6.98. The van der Waals surface area contributed by atoms with Gasteiger partial charge >= 0.3 is 5.97 Å². The van der Waals surface area contributed by atoms with Gasteiger partial charge in [-0.25, -0.2) is 8.42 Å². The van der Waals surface area contributed by atoms with Crippen molar-refractivity contribution in [3.05, 3.63) is 64.1 Å². The first-order valence-electron chi connectivity index (χ1n) is 6.96. The molecule has 0 radical (unpaired) electrons. The Morgan fingerprint density at radius 2 is 1.71 bits per heavy atom. The highest BCUT2D eigenvalue weighted by Crippen LogP contribution is 2.56. The van der Waals surface area contributed by atoms with Crippen LogP contribution in [-0.2, 0) is 14.6 Å². The van der Waals surface area contributed by atoms with Crippen molar-refractivity contribution < 1.29 is 18.3 Å². The van der Waals surface area contributed by atoms with E-state index in [1.165, 1.54) is 30.3 Å². The monoisotopic (exact) mass is 385 g/mol. The van der Waals surface area contributed by atoms with Gasteiger partial charge in [0, 0.05) is 16.0 Å². The van der Waals surface area contributed by atoms with Gasteiger partial charge in [0.25, 0.3) is 0 Å². The average molecular weight is 386 g/mol. The van der Waals surface area contributed by atoms with E-state index < -0.39 is 32.5 Å². The topological polar surface area (TPSA) is 97.5 Å². The highest BCUT2D eigenvalue weighted by molar-refractivity contribution is 7.92. The Hall–Kier alpha value is -1.60. The zero-order valence-electron chi connectivity index (χ0n) is 12.2. The first-order chi connectivity index (χ1) is 11.2. The summed E-state index contributed by atoms with van der Waals surface area (Å²) in [5, 5.41) is 8.99. The fourth-order valence-electron chi connectivity index (χ4n) is 2.99. The van der Waals surface area contributed by atoms with Gasteiger partial charge in [0.1, 0.15) is 10.8 Å². The number of halogens is 2. The van der Waals surface area contributed by atoms with E-state index in [1.54, 1.807) is 18.2 Å². The molecule has 0 aliphatic heterocycles.